The zero-order valence-corrected chi connectivity index (χ0v) is 12.6. The Hall–Kier alpha value is -1.11. The fraction of sp³-hybridized carbons (Fsp3) is 0.538. The lowest BCUT2D eigenvalue weighted by Crippen LogP contribution is -2.36. The fourth-order valence-corrected chi connectivity index (χ4v) is 3.41. The maximum absolute atomic E-state index is 12.3. The van der Waals surface area contributed by atoms with Gasteiger partial charge in [-0.05, 0) is 31.0 Å². The summed E-state index contributed by atoms with van der Waals surface area (Å²) in [5, 5.41) is 9.16. The van der Waals surface area contributed by atoms with Crippen molar-refractivity contribution in [2.45, 2.75) is 32.6 Å². The molecule has 0 bridgehead atoms. The molecule has 0 spiro atoms. The van der Waals surface area contributed by atoms with Gasteiger partial charge in [-0.25, -0.2) is 13.1 Å². The number of nitrogen functional groups attached to an aromatic ring is 1. The Labute approximate surface area is 114 Å². The highest BCUT2D eigenvalue weighted by molar-refractivity contribution is 7.89. The topological polar surface area (TPSA) is 92.4 Å². The normalized spacial score (nSPS) is 12.7. The molecule has 0 fully saturated rings. The van der Waals surface area contributed by atoms with Crippen molar-refractivity contribution in [3.63, 3.8) is 0 Å². The highest BCUT2D eigenvalue weighted by Crippen LogP contribution is 2.25. The molecule has 0 unspecified atom stereocenters. The van der Waals surface area contributed by atoms with Crippen LogP contribution in [-0.4, -0.2) is 26.7 Å². The third-order valence-electron chi connectivity index (χ3n) is 3.08. The van der Waals surface area contributed by atoms with Gasteiger partial charge in [0.25, 0.3) is 0 Å². The van der Waals surface area contributed by atoms with E-state index >= 15 is 0 Å². The fourth-order valence-electron chi connectivity index (χ4n) is 1.67. The summed E-state index contributed by atoms with van der Waals surface area (Å²) in [5.74, 6) is 0. The van der Waals surface area contributed by atoms with E-state index in [0.717, 1.165) is 0 Å². The highest BCUT2D eigenvalue weighted by atomic mass is 32.2. The lowest BCUT2D eigenvalue weighted by Gasteiger charge is -2.22. The van der Waals surface area contributed by atoms with E-state index in [4.69, 9.17) is 10.8 Å². The van der Waals surface area contributed by atoms with E-state index in [1.165, 1.54) is 0 Å². The Morgan fingerprint density at radius 1 is 1.32 bits per heavy atom. The first-order chi connectivity index (χ1) is 8.60. The summed E-state index contributed by atoms with van der Waals surface area (Å²) < 4.78 is 27.2. The van der Waals surface area contributed by atoms with Crippen molar-refractivity contribution in [1.29, 1.82) is 0 Å². The number of benzene rings is 1. The Morgan fingerprint density at radius 2 is 1.89 bits per heavy atom. The van der Waals surface area contributed by atoms with Crippen molar-refractivity contribution in [1.82, 2.24) is 4.72 Å². The number of anilines is 1. The lowest BCUT2D eigenvalue weighted by molar-refractivity contribution is 0.163. The maximum Gasteiger partial charge on any atom is 0.241 e. The Balaban J connectivity index is 3.12. The molecule has 1 rings (SSSR count). The van der Waals surface area contributed by atoms with Crippen molar-refractivity contribution in [3.05, 3.63) is 23.3 Å². The molecule has 0 saturated carbocycles. The van der Waals surface area contributed by atoms with Crippen LogP contribution in [0.5, 0.6) is 0 Å². The van der Waals surface area contributed by atoms with E-state index in [9.17, 15) is 8.42 Å². The van der Waals surface area contributed by atoms with E-state index in [1.807, 2.05) is 0 Å². The third kappa shape index (κ3) is 3.68. The minimum atomic E-state index is -3.63. The maximum atomic E-state index is 12.3. The second-order valence-corrected chi connectivity index (χ2v) is 7.28. The number of sulfonamides is 1. The molecule has 0 radical (unpaired) electrons. The second-order valence-electron chi connectivity index (χ2n) is 5.57. The molecule has 19 heavy (non-hydrogen) atoms. The number of nitrogens with two attached hydrogens (primary N) is 1. The number of aliphatic hydroxyl groups is 1. The first-order valence-corrected chi connectivity index (χ1v) is 7.55. The van der Waals surface area contributed by atoms with Crippen LogP contribution in [0.2, 0.25) is 0 Å². The zero-order valence-electron chi connectivity index (χ0n) is 11.8. The van der Waals surface area contributed by atoms with Crippen LogP contribution < -0.4 is 10.5 Å². The molecule has 0 atom stereocenters. The molecule has 108 valence electrons. The van der Waals surface area contributed by atoms with Gasteiger partial charge in [-0.15, -0.1) is 0 Å². The summed E-state index contributed by atoms with van der Waals surface area (Å²) in [6.45, 7) is 7.07. The molecule has 5 nitrogen and oxygen atoms in total. The van der Waals surface area contributed by atoms with Gasteiger partial charge in [0, 0.05) is 24.3 Å². The Morgan fingerprint density at radius 3 is 2.42 bits per heavy atom. The van der Waals surface area contributed by atoms with Crippen LogP contribution >= 0.6 is 0 Å². The molecular formula is C13H22N2O3S. The van der Waals surface area contributed by atoms with Gasteiger partial charge in [0.15, 0.2) is 0 Å². The average Bonchev–Trinajstić information content (AvgIpc) is 2.32. The van der Waals surface area contributed by atoms with Gasteiger partial charge in [0.1, 0.15) is 0 Å². The lowest BCUT2D eigenvalue weighted by atomic mass is 9.96. The van der Waals surface area contributed by atoms with Gasteiger partial charge in [0.2, 0.25) is 10.0 Å². The standard InChI is InChI=1S/C13H22N2O3S/c1-9-5-6-11(14)10(2)12(9)19(17,18)15-7-13(3,4)8-16/h5-6,15-16H,7-8,14H2,1-4H3. The van der Waals surface area contributed by atoms with Crippen LogP contribution in [-0.2, 0) is 10.0 Å². The van der Waals surface area contributed by atoms with Gasteiger partial charge in [-0.3, -0.25) is 0 Å². The zero-order chi connectivity index (χ0) is 14.8. The molecule has 0 aliphatic heterocycles. The number of aryl methyl sites for hydroxylation is 1. The van der Waals surface area contributed by atoms with Gasteiger partial charge < -0.3 is 10.8 Å². The van der Waals surface area contributed by atoms with Crippen LogP contribution in [0.25, 0.3) is 0 Å². The molecule has 0 heterocycles. The monoisotopic (exact) mass is 286 g/mol. The molecule has 0 aromatic heterocycles. The van der Waals surface area contributed by atoms with Crippen LogP contribution in [0.3, 0.4) is 0 Å². The van der Waals surface area contributed by atoms with Gasteiger partial charge in [-0.2, -0.15) is 0 Å². The van der Waals surface area contributed by atoms with Crippen molar-refractivity contribution in [3.8, 4) is 0 Å². The summed E-state index contributed by atoms with van der Waals surface area (Å²) in [5.41, 5.74) is 6.91. The summed E-state index contributed by atoms with van der Waals surface area (Å²) in [6.07, 6.45) is 0. The predicted molar refractivity (Wildman–Crippen MR) is 76.4 cm³/mol. The molecule has 0 aliphatic rings. The SMILES string of the molecule is Cc1ccc(N)c(C)c1S(=O)(=O)NCC(C)(C)CO. The van der Waals surface area contributed by atoms with Crippen molar-refractivity contribution in [2.75, 3.05) is 18.9 Å². The molecule has 0 saturated heterocycles. The number of hydrogen-bond acceptors (Lipinski definition) is 4. The van der Waals surface area contributed by atoms with E-state index in [-0.39, 0.29) is 18.0 Å². The largest absolute Gasteiger partial charge is 0.398 e. The molecule has 0 aliphatic carbocycles. The van der Waals surface area contributed by atoms with Crippen molar-refractivity contribution in [2.24, 2.45) is 5.41 Å². The van der Waals surface area contributed by atoms with Gasteiger partial charge in [-0.1, -0.05) is 19.9 Å². The minimum Gasteiger partial charge on any atom is -0.398 e. The smallest absolute Gasteiger partial charge is 0.241 e. The van der Waals surface area contributed by atoms with Gasteiger partial charge >= 0.3 is 0 Å². The Bertz CT molecular complexity index is 565. The average molecular weight is 286 g/mol. The van der Waals surface area contributed by atoms with E-state index in [0.29, 0.717) is 16.8 Å². The molecule has 1 aromatic carbocycles. The van der Waals surface area contributed by atoms with E-state index < -0.39 is 15.4 Å². The Kier molecular flexibility index (Phi) is 4.60. The number of hydrogen-bond donors (Lipinski definition) is 3. The summed E-state index contributed by atoms with van der Waals surface area (Å²) in [4.78, 5) is 0.223. The van der Waals surface area contributed by atoms with E-state index in [1.54, 1.807) is 39.8 Å². The van der Waals surface area contributed by atoms with Crippen LogP contribution in [0.4, 0.5) is 5.69 Å². The number of nitrogens with one attached hydrogen (secondary N) is 1. The van der Waals surface area contributed by atoms with E-state index in [2.05, 4.69) is 4.72 Å². The number of aliphatic hydroxyl groups excluding tert-OH is 1. The van der Waals surface area contributed by atoms with Crippen molar-refractivity contribution >= 4 is 15.7 Å². The molecular weight excluding hydrogens is 264 g/mol. The molecule has 4 N–H and O–H groups in total. The molecule has 1 aromatic rings. The second kappa shape index (κ2) is 5.48. The molecule has 0 amide bonds. The van der Waals surface area contributed by atoms with Crippen molar-refractivity contribution < 1.29 is 13.5 Å². The summed E-state index contributed by atoms with van der Waals surface area (Å²) in [6, 6.07) is 3.38. The first kappa shape index (κ1) is 15.9. The number of rotatable bonds is 5. The minimum absolute atomic E-state index is 0.0928. The summed E-state index contributed by atoms with van der Waals surface area (Å²) in [7, 11) is -3.63. The van der Waals surface area contributed by atoms with Crippen LogP contribution in [0, 0.1) is 19.3 Å². The van der Waals surface area contributed by atoms with Gasteiger partial charge in [0.05, 0.1) is 4.90 Å². The first-order valence-electron chi connectivity index (χ1n) is 6.07. The quantitative estimate of drug-likeness (QED) is 0.709. The third-order valence-corrected chi connectivity index (χ3v) is 4.77. The predicted octanol–water partition coefficient (Wildman–Crippen LogP) is 1.18. The van der Waals surface area contributed by atoms with Crippen LogP contribution in [0.15, 0.2) is 17.0 Å². The van der Waals surface area contributed by atoms with Crippen LogP contribution in [0.1, 0.15) is 25.0 Å². The molecule has 6 heteroatoms. The summed E-state index contributed by atoms with van der Waals surface area (Å²) >= 11 is 0. The highest BCUT2D eigenvalue weighted by Gasteiger charge is 2.24.